The Bertz CT molecular complexity index is 360. The van der Waals surface area contributed by atoms with Crippen molar-refractivity contribution in [2.75, 3.05) is 5.17 Å². The van der Waals surface area contributed by atoms with E-state index in [4.69, 9.17) is 29.0 Å². The number of hydrogen-bond donors (Lipinski definition) is 1. The van der Waals surface area contributed by atoms with Crippen molar-refractivity contribution in [3.05, 3.63) is 38.4 Å². The normalized spacial score (nSPS) is 9.64. The van der Waals surface area contributed by atoms with E-state index in [2.05, 4.69) is 4.94 Å². The molecule has 0 atom stereocenters. The number of rotatable bonds is 3. The summed E-state index contributed by atoms with van der Waals surface area (Å²) in [7, 11) is 0. The molecule has 0 aliphatic carbocycles. The SMILES string of the molecule is NN(O[N+](=O)[O-])c1cc(Cl)ccc1Cl. The van der Waals surface area contributed by atoms with Crippen molar-refractivity contribution in [3.63, 3.8) is 0 Å². The molecule has 6 nitrogen and oxygen atoms in total. The summed E-state index contributed by atoms with van der Waals surface area (Å²) in [5.74, 6) is 5.19. The van der Waals surface area contributed by atoms with Crippen molar-refractivity contribution in [2.45, 2.75) is 0 Å². The van der Waals surface area contributed by atoms with Gasteiger partial charge in [-0.2, -0.15) is 4.94 Å². The largest absolute Gasteiger partial charge is 0.318 e. The number of nitrogens with zero attached hydrogens (tertiary/aromatic N) is 2. The lowest BCUT2D eigenvalue weighted by Gasteiger charge is -2.15. The fraction of sp³-hybridized carbons (Fsp3) is 0. The first-order valence-electron chi connectivity index (χ1n) is 3.33. The average Bonchev–Trinajstić information content (AvgIpc) is 2.08. The van der Waals surface area contributed by atoms with Crippen molar-refractivity contribution in [1.82, 2.24) is 0 Å². The lowest BCUT2D eigenvalue weighted by Crippen LogP contribution is -2.33. The van der Waals surface area contributed by atoms with E-state index in [0.717, 1.165) is 0 Å². The smallest absolute Gasteiger partial charge is 0.223 e. The zero-order chi connectivity index (χ0) is 10.7. The van der Waals surface area contributed by atoms with E-state index < -0.39 is 5.09 Å². The minimum atomic E-state index is -1.06. The van der Waals surface area contributed by atoms with Crippen LogP contribution in [0.15, 0.2) is 18.2 Å². The Morgan fingerprint density at radius 2 is 2.14 bits per heavy atom. The van der Waals surface area contributed by atoms with Gasteiger partial charge in [-0.05, 0) is 18.2 Å². The lowest BCUT2D eigenvalue weighted by molar-refractivity contribution is -0.762. The summed E-state index contributed by atoms with van der Waals surface area (Å²) < 4.78 is 0. The van der Waals surface area contributed by atoms with Crippen LogP contribution in [0.4, 0.5) is 5.69 Å². The maximum atomic E-state index is 9.96. The second-order valence-electron chi connectivity index (χ2n) is 2.23. The molecule has 0 amide bonds. The monoisotopic (exact) mass is 237 g/mol. The van der Waals surface area contributed by atoms with Crippen LogP contribution in [-0.4, -0.2) is 5.09 Å². The number of halogens is 2. The number of hydrogen-bond acceptors (Lipinski definition) is 5. The molecular formula is C6H5Cl2N3O3. The Morgan fingerprint density at radius 1 is 1.50 bits per heavy atom. The van der Waals surface area contributed by atoms with Crippen LogP contribution in [0.1, 0.15) is 0 Å². The predicted molar refractivity (Wildman–Crippen MR) is 51.2 cm³/mol. The highest BCUT2D eigenvalue weighted by atomic mass is 35.5. The third-order valence-corrected chi connectivity index (χ3v) is 1.85. The average molecular weight is 238 g/mol. The van der Waals surface area contributed by atoms with Gasteiger partial charge in [-0.15, -0.1) is 15.3 Å². The van der Waals surface area contributed by atoms with E-state index in [0.29, 0.717) is 10.2 Å². The molecule has 0 aliphatic heterocycles. The summed E-state index contributed by atoms with van der Waals surface area (Å²) in [6.07, 6.45) is 0. The van der Waals surface area contributed by atoms with Gasteiger partial charge in [0.1, 0.15) is 5.69 Å². The summed E-state index contributed by atoms with van der Waals surface area (Å²) >= 11 is 11.3. The van der Waals surface area contributed by atoms with E-state index in [1.165, 1.54) is 18.2 Å². The molecule has 0 aliphatic rings. The zero-order valence-electron chi connectivity index (χ0n) is 6.68. The summed E-state index contributed by atoms with van der Waals surface area (Å²) in [5, 5.41) is 9.86. The first-order valence-corrected chi connectivity index (χ1v) is 4.08. The maximum absolute atomic E-state index is 9.96. The fourth-order valence-electron chi connectivity index (χ4n) is 0.771. The van der Waals surface area contributed by atoms with Gasteiger partial charge < -0.3 is 0 Å². The highest BCUT2D eigenvalue weighted by Gasteiger charge is 2.10. The van der Waals surface area contributed by atoms with Gasteiger partial charge in [0.2, 0.25) is 0 Å². The Morgan fingerprint density at radius 3 is 2.71 bits per heavy atom. The molecule has 0 spiro atoms. The molecule has 2 N–H and O–H groups in total. The second kappa shape index (κ2) is 4.32. The van der Waals surface area contributed by atoms with E-state index in [1.807, 2.05) is 0 Å². The van der Waals surface area contributed by atoms with E-state index >= 15 is 0 Å². The van der Waals surface area contributed by atoms with Gasteiger partial charge in [0, 0.05) is 5.02 Å². The van der Waals surface area contributed by atoms with Gasteiger partial charge in [-0.3, -0.25) is 0 Å². The van der Waals surface area contributed by atoms with Gasteiger partial charge >= 0.3 is 5.09 Å². The van der Waals surface area contributed by atoms with Crippen molar-refractivity contribution < 1.29 is 10.0 Å². The Balaban J connectivity index is 2.93. The second-order valence-corrected chi connectivity index (χ2v) is 3.07. The van der Waals surface area contributed by atoms with Gasteiger partial charge in [0.25, 0.3) is 0 Å². The van der Waals surface area contributed by atoms with E-state index in [9.17, 15) is 10.1 Å². The van der Waals surface area contributed by atoms with Crippen molar-refractivity contribution in [1.29, 1.82) is 0 Å². The fourth-order valence-corrected chi connectivity index (χ4v) is 1.14. The molecule has 0 radical (unpaired) electrons. The molecule has 1 aromatic carbocycles. The van der Waals surface area contributed by atoms with Gasteiger partial charge in [-0.1, -0.05) is 23.2 Å². The number of hydrazine groups is 1. The Labute approximate surface area is 88.8 Å². The lowest BCUT2D eigenvalue weighted by atomic mass is 10.3. The van der Waals surface area contributed by atoms with Crippen LogP contribution in [0.5, 0.6) is 0 Å². The third kappa shape index (κ3) is 2.63. The van der Waals surface area contributed by atoms with Gasteiger partial charge in [0.15, 0.2) is 0 Å². The van der Waals surface area contributed by atoms with Crippen LogP contribution in [0, 0.1) is 10.1 Å². The van der Waals surface area contributed by atoms with E-state index in [1.54, 1.807) is 0 Å². The topological polar surface area (TPSA) is 81.6 Å². The molecule has 1 rings (SSSR count). The molecule has 1 aromatic rings. The molecular weight excluding hydrogens is 233 g/mol. The third-order valence-electron chi connectivity index (χ3n) is 1.30. The molecule has 0 bridgehead atoms. The van der Waals surface area contributed by atoms with Crippen molar-refractivity contribution in [2.24, 2.45) is 5.84 Å². The van der Waals surface area contributed by atoms with Crippen LogP contribution in [0.3, 0.4) is 0 Å². The predicted octanol–water partition coefficient (Wildman–Crippen LogP) is 1.80. The molecule has 0 saturated heterocycles. The van der Waals surface area contributed by atoms with Gasteiger partial charge in [0.05, 0.1) is 5.02 Å². The van der Waals surface area contributed by atoms with E-state index in [-0.39, 0.29) is 10.7 Å². The minimum Gasteiger partial charge on any atom is -0.223 e. The van der Waals surface area contributed by atoms with Crippen LogP contribution >= 0.6 is 23.2 Å². The molecule has 0 aromatic heterocycles. The molecule has 76 valence electrons. The number of anilines is 1. The highest BCUT2D eigenvalue weighted by Crippen LogP contribution is 2.27. The first-order chi connectivity index (χ1) is 6.50. The standard InChI is InChI=1S/C6H5Cl2N3O3/c7-4-1-2-5(8)6(3-4)10(9)14-11(12)13/h1-3H,9H2. The van der Waals surface area contributed by atoms with Gasteiger partial charge in [-0.25, -0.2) is 5.84 Å². The van der Waals surface area contributed by atoms with Crippen molar-refractivity contribution >= 4 is 28.9 Å². The maximum Gasteiger partial charge on any atom is 0.318 e. The summed E-state index contributed by atoms with van der Waals surface area (Å²) in [5.41, 5.74) is 0.107. The summed E-state index contributed by atoms with van der Waals surface area (Å²) in [4.78, 5) is 13.9. The number of nitrogens with two attached hydrogens (primary N) is 1. The molecule has 0 saturated carbocycles. The van der Waals surface area contributed by atoms with Crippen LogP contribution in [0.2, 0.25) is 10.0 Å². The zero-order valence-corrected chi connectivity index (χ0v) is 8.20. The molecule has 0 fully saturated rings. The quantitative estimate of drug-likeness (QED) is 0.493. The molecule has 8 heteroatoms. The Kier molecular flexibility index (Phi) is 3.34. The summed E-state index contributed by atoms with van der Waals surface area (Å²) in [6, 6.07) is 4.31. The van der Waals surface area contributed by atoms with Crippen LogP contribution < -0.4 is 11.0 Å². The minimum absolute atomic E-state index is 0.107. The van der Waals surface area contributed by atoms with Crippen LogP contribution in [-0.2, 0) is 4.94 Å². The molecule has 0 unspecified atom stereocenters. The number of benzene rings is 1. The first kappa shape index (κ1) is 10.8. The van der Waals surface area contributed by atoms with Crippen LogP contribution in [0.25, 0.3) is 0 Å². The molecule has 14 heavy (non-hydrogen) atoms. The summed E-state index contributed by atoms with van der Waals surface area (Å²) in [6.45, 7) is 0. The molecule has 0 heterocycles. The highest BCUT2D eigenvalue weighted by molar-refractivity contribution is 6.35. The van der Waals surface area contributed by atoms with Crippen molar-refractivity contribution in [3.8, 4) is 0 Å². The Hall–Kier alpha value is -1.24.